The molecule has 1 aliphatic rings. The first-order chi connectivity index (χ1) is 9.24. The van der Waals surface area contributed by atoms with Gasteiger partial charge in [-0.1, -0.05) is 12.1 Å². The van der Waals surface area contributed by atoms with E-state index in [2.05, 4.69) is 41.1 Å². The molecule has 1 aromatic carbocycles. The van der Waals surface area contributed by atoms with Crippen molar-refractivity contribution < 1.29 is 0 Å². The van der Waals surface area contributed by atoms with Crippen molar-refractivity contribution in [2.45, 2.75) is 32.0 Å². The summed E-state index contributed by atoms with van der Waals surface area (Å²) < 4.78 is 2.01. The number of rotatable bonds is 3. The Morgan fingerprint density at radius 1 is 1.32 bits per heavy atom. The Kier molecular flexibility index (Phi) is 3.36. The smallest absolute Gasteiger partial charge is 0.0991 e. The minimum absolute atomic E-state index is 0.324. The average molecular weight is 256 g/mol. The first-order valence-electron chi connectivity index (χ1n) is 6.81. The zero-order valence-electron chi connectivity index (χ0n) is 11.2. The molecule has 100 valence electrons. The van der Waals surface area contributed by atoms with Gasteiger partial charge >= 0.3 is 0 Å². The zero-order valence-corrected chi connectivity index (χ0v) is 11.2. The lowest BCUT2D eigenvalue weighted by molar-refractivity contribution is 0.251. The zero-order chi connectivity index (χ0) is 13.2. The molecular weight excluding hydrogens is 236 g/mol. The monoisotopic (exact) mass is 256 g/mol. The Morgan fingerprint density at radius 3 is 2.68 bits per heavy atom. The van der Waals surface area contributed by atoms with E-state index < -0.39 is 0 Å². The Balaban J connectivity index is 1.70. The molecule has 4 nitrogen and oxygen atoms in total. The van der Waals surface area contributed by atoms with E-state index in [4.69, 9.17) is 5.73 Å². The van der Waals surface area contributed by atoms with Crippen molar-refractivity contribution in [2.24, 2.45) is 5.73 Å². The highest BCUT2D eigenvalue weighted by Gasteiger charge is 2.27. The van der Waals surface area contributed by atoms with E-state index in [0.717, 1.165) is 25.2 Å². The average Bonchev–Trinajstić information content (AvgIpc) is 3.06. The Morgan fingerprint density at radius 2 is 2.11 bits per heavy atom. The van der Waals surface area contributed by atoms with Gasteiger partial charge in [-0.3, -0.25) is 4.90 Å². The number of nitrogens with two attached hydrogens (primary N) is 1. The van der Waals surface area contributed by atoms with Crippen molar-refractivity contribution in [1.29, 1.82) is 0 Å². The molecule has 4 heteroatoms. The minimum Gasteiger partial charge on any atom is -0.326 e. The highest BCUT2D eigenvalue weighted by Crippen LogP contribution is 2.19. The van der Waals surface area contributed by atoms with Crippen LogP contribution in [0.15, 0.2) is 43.0 Å². The van der Waals surface area contributed by atoms with Gasteiger partial charge in [-0.25, -0.2) is 4.98 Å². The lowest BCUT2D eigenvalue weighted by atomic mass is 10.1. The second-order valence-electron chi connectivity index (χ2n) is 5.30. The van der Waals surface area contributed by atoms with Crippen LogP contribution in [0.25, 0.3) is 5.69 Å². The molecule has 19 heavy (non-hydrogen) atoms. The fourth-order valence-corrected chi connectivity index (χ4v) is 2.67. The number of benzene rings is 1. The van der Waals surface area contributed by atoms with E-state index in [1.165, 1.54) is 5.56 Å². The van der Waals surface area contributed by atoms with Gasteiger partial charge in [0.25, 0.3) is 0 Å². The molecule has 0 saturated carbocycles. The molecule has 0 radical (unpaired) electrons. The first-order valence-corrected chi connectivity index (χ1v) is 6.81. The van der Waals surface area contributed by atoms with Crippen LogP contribution in [0.5, 0.6) is 0 Å². The summed E-state index contributed by atoms with van der Waals surface area (Å²) >= 11 is 0. The number of imidazole rings is 1. The SMILES string of the molecule is CC1C(N)CCN1Cc1ccc(-n2ccnc2)cc1. The van der Waals surface area contributed by atoms with Crippen LogP contribution in [0.2, 0.25) is 0 Å². The van der Waals surface area contributed by atoms with E-state index in [9.17, 15) is 0 Å². The fourth-order valence-electron chi connectivity index (χ4n) is 2.67. The number of likely N-dealkylation sites (tertiary alicyclic amines) is 1. The molecule has 2 atom stereocenters. The van der Waals surface area contributed by atoms with Gasteiger partial charge in [-0.2, -0.15) is 0 Å². The third-order valence-corrected chi connectivity index (χ3v) is 4.07. The summed E-state index contributed by atoms with van der Waals surface area (Å²) in [6.45, 7) is 4.31. The molecule has 1 aromatic heterocycles. The fraction of sp³-hybridized carbons (Fsp3) is 0.400. The predicted octanol–water partition coefficient (Wildman–Crippen LogP) is 1.79. The molecule has 1 saturated heterocycles. The highest BCUT2D eigenvalue weighted by molar-refractivity contribution is 5.34. The number of aromatic nitrogens is 2. The largest absolute Gasteiger partial charge is 0.326 e. The molecule has 1 fully saturated rings. The lowest BCUT2D eigenvalue weighted by Crippen LogP contribution is -2.36. The van der Waals surface area contributed by atoms with Gasteiger partial charge < -0.3 is 10.3 Å². The van der Waals surface area contributed by atoms with Crippen molar-refractivity contribution in [3.63, 3.8) is 0 Å². The summed E-state index contributed by atoms with van der Waals surface area (Å²) in [5, 5.41) is 0. The molecule has 2 unspecified atom stereocenters. The molecule has 0 amide bonds. The number of hydrogen-bond acceptors (Lipinski definition) is 3. The van der Waals surface area contributed by atoms with Crippen LogP contribution in [0, 0.1) is 0 Å². The first kappa shape index (κ1) is 12.4. The molecule has 2 N–H and O–H groups in total. The molecule has 0 spiro atoms. The van der Waals surface area contributed by atoms with Gasteiger partial charge in [0.15, 0.2) is 0 Å². The normalized spacial score (nSPS) is 23.9. The highest BCUT2D eigenvalue weighted by atomic mass is 15.2. The second-order valence-corrected chi connectivity index (χ2v) is 5.30. The lowest BCUT2D eigenvalue weighted by Gasteiger charge is -2.23. The van der Waals surface area contributed by atoms with Gasteiger partial charge in [0, 0.05) is 43.3 Å². The van der Waals surface area contributed by atoms with Crippen LogP contribution >= 0.6 is 0 Å². The summed E-state index contributed by atoms with van der Waals surface area (Å²) in [7, 11) is 0. The van der Waals surface area contributed by atoms with Crippen LogP contribution in [-0.4, -0.2) is 33.1 Å². The summed E-state index contributed by atoms with van der Waals surface area (Å²) in [5.41, 5.74) is 8.54. The van der Waals surface area contributed by atoms with E-state index in [1.54, 1.807) is 6.20 Å². The Bertz CT molecular complexity index is 518. The number of hydrogen-bond donors (Lipinski definition) is 1. The van der Waals surface area contributed by atoms with E-state index in [1.807, 2.05) is 17.1 Å². The number of nitrogens with zero attached hydrogens (tertiary/aromatic N) is 3. The van der Waals surface area contributed by atoms with Gasteiger partial charge in [0.1, 0.15) is 0 Å². The van der Waals surface area contributed by atoms with Crippen molar-refractivity contribution in [3.05, 3.63) is 48.5 Å². The molecule has 0 bridgehead atoms. The third kappa shape index (κ3) is 2.55. The van der Waals surface area contributed by atoms with Gasteiger partial charge in [-0.05, 0) is 31.0 Å². The van der Waals surface area contributed by atoms with Crippen LogP contribution in [-0.2, 0) is 6.54 Å². The Hall–Kier alpha value is -1.65. The molecule has 2 aromatic rings. The van der Waals surface area contributed by atoms with Crippen LogP contribution in [0.3, 0.4) is 0 Å². The van der Waals surface area contributed by atoms with E-state index >= 15 is 0 Å². The predicted molar refractivity (Wildman–Crippen MR) is 76.0 cm³/mol. The molecule has 1 aliphatic heterocycles. The molecule has 2 heterocycles. The van der Waals surface area contributed by atoms with Crippen molar-refractivity contribution in [2.75, 3.05) is 6.54 Å². The van der Waals surface area contributed by atoms with Crippen LogP contribution in [0.4, 0.5) is 0 Å². The van der Waals surface area contributed by atoms with Crippen LogP contribution in [0.1, 0.15) is 18.9 Å². The molecule has 3 rings (SSSR count). The molecular formula is C15H20N4. The summed E-state index contributed by atoms with van der Waals surface area (Å²) in [5.74, 6) is 0. The third-order valence-electron chi connectivity index (χ3n) is 4.07. The molecule has 0 aliphatic carbocycles. The second kappa shape index (κ2) is 5.15. The maximum absolute atomic E-state index is 6.06. The van der Waals surface area contributed by atoms with Gasteiger partial charge in [0.05, 0.1) is 6.33 Å². The van der Waals surface area contributed by atoms with Crippen molar-refractivity contribution in [1.82, 2.24) is 14.5 Å². The minimum atomic E-state index is 0.324. The summed E-state index contributed by atoms with van der Waals surface area (Å²) in [4.78, 5) is 6.52. The maximum atomic E-state index is 6.06. The quantitative estimate of drug-likeness (QED) is 0.911. The standard InChI is InChI=1S/C15H20N4/c1-12-15(16)6-8-18(12)10-13-2-4-14(5-3-13)19-9-7-17-11-19/h2-5,7,9,11-12,15H,6,8,10,16H2,1H3. The van der Waals surface area contributed by atoms with Crippen molar-refractivity contribution >= 4 is 0 Å². The van der Waals surface area contributed by atoms with E-state index in [0.29, 0.717) is 12.1 Å². The van der Waals surface area contributed by atoms with Gasteiger partial charge in [0.2, 0.25) is 0 Å². The van der Waals surface area contributed by atoms with E-state index in [-0.39, 0.29) is 0 Å². The summed E-state index contributed by atoms with van der Waals surface area (Å²) in [6.07, 6.45) is 6.67. The van der Waals surface area contributed by atoms with Crippen LogP contribution < -0.4 is 5.73 Å². The topological polar surface area (TPSA) is 47.1 Å². The summed E-state index contributed by atoms with van der Waals surface area (Å²) in [6, 6.07) is 9.45. The maximum Gasteiger partial charge on any atom is 0.0991 e. The Labute approximate surface area is 113 Å². The van der Waals surface area contributed by atoms with Crippen molar-refractivity contribution in [3.8, 4) is 5.69 Å². The van der Waals surface area contributed by atoms with Gasteiger partial charge in [-0.15, -0.1) is 0 Å².